The molecule has 0 aliphatic carbocycles. The van der Waals surface area contributed by atoms with Crippen molar-refractivity contribution in [1.29, 1.82) is 0 Å². The van der Waals surface area contributed by atoms with E-state index in [0.29, 0.717) is 11.3 Å². The minimum atomic E-state index is -0.297. The van der Waals surface area contributed by atoms with E-state index in [2.05, 4.69) is 27.8 Å². The Kier molecular flexibility index (Phi) is 6.13. The van der Waals surface area contributed by atoms with Gasteiger partial charge in [0, 0.05) is 27.7 Å². The highest BCUT2D eigenvalue weighted by atomic mass is 32.1. The molecular formula is C23H25N3O2S. The number of amides is 2. The summed E-state index contributed by atoms with van der Waals surface area (Å²) in [5.41, 5.74) is 3.90. The average Bonchev–Trinajstić information content (AvgIpc) is 3.09. The fraction of sp³-hybridized carbons (Fsp3) is 0.261. The summed E-state index contributed by atoms with van der Waals surface area (Å²) in [4.78, 5) is 29.1. The van der Waals surface area contributed by atoms with Gasteiger partial charge in [0.15, 0.2) is 0 Å². The summed E-state index contributed by atoms with van der Waals surface area (Å²) in [5, 5.41) is 8.59. The third-order valence-electron chi connectivity index (χ3n) is 4.11. The summed E-state index contributed by atoms with van der Waals surface area (Å²) in [7, 11) is 0. The highest BCUT2D eigenvalue weighted by Gasteiger charge is 2.15. The van der Waals surface area contributed by atoms with Crippen LogP contribution in [0.15, 0.2) is 53.9 Å². The van der Waals surface area contributed by atoms with E-state index in [1.807, 2.05) is 45.2 Å². The van der Waals surface area contributed by atoms with Crippen molar-refractivity contribution in [2.45, 2.75) is 39.7 Å². The molecule has 3 rings (SSSR count). The summed E-state index contributed by atoms with van der Waals surface area (Å²) in [6, 6.07) is 15.0. The number of nitrogens with one attached hydrogen (secondary N) is 2. The van der Waals surface area contributed by atoms with Gasteiger partial charge in [-0.15, -0.1) is 11.3 Å². The van der Waals surface area contributed by atoms with Crippen LogP contribution in [0, 0.1) is 6.92 Å². The minimum Gasteiger partial charge on any atom is -0.347 e. The Balaban J connectivity index is 1.58. The zero-order chi connectivity index (χ0) is 21.0. The molecule has 0 fully saturated rings. The van der Waals surface area contributed by atoms with Gasteiger partial charge in [0.1, 0.15) is 5.01 Å². The molecule has 0 unspecified atom stereocenters. The van der Waals surface area contributed by atoms with E-state index in [-0.39, 0.29) is 23.8 Å². The molecule has 6 heteroatoms. The van der Waals surface area contributed by atoms with Crippen LogP contribution in [0.3, 0.4) is 0 Å². The molecule has 3 aromatic rings. The molecule has 0 saturated heterocycles. The van der Waals surface area contributed by atoms with Crippen LogP contribution in [0.5, 0.6) is 0 Å². The van der Waals surface area contributed by atoms with Gasteiger partial charge in [-0.1, -0.05) is 29.8 Å². The van der Waals surface area contributed by atoms with Crippen LogP contribution in [-0.2, 0) is 11.2 Å². The van der Waals surface area contributed by atoms with E-state index in [4.69, 9.17) is 0 Å². The molecule has 0 spiro atoms. The third kappa shape index (κ3) is 5.99. The average molecular weight is 408 g/mol. The first-order valence-corrected chi connectivity index (χ1v) is 10.3. The molecule has 1 aromatic heterocycles. The zero-order valence-electron chi connectivity index (χ0n) is 17.1. The number of aromatic nitrogens is 1. The molecule has 5 nitrogen and oxygen atoms in total. The van der Waals surface area contributed by atoms with Crippen molar-refractivity contribution in [3.63, 3.8) is 0 Å². The summed E-state index contributed by atoms with van der Waals surface area (Å²) in [6.45, 7) is 7.84. The first kappa shape index (κ1) is 20.7. The molecule has 0 radical (unpaired) electrons. The molecule has 2 aromatic carbocycles. The molecule has 0 aliphatic rings. The Morgan fingerprint density at radius 3 is 2.28 bits per heavy atom. The SMILES string of the molecule is Cc1ccc(-c2nc(CC(=O)Nc3ccc(C(=O)NC(C)(C)C)cc3)cs2)cc1. The highest BCUT2D eigenvalue weighted by molar-refractivity contribution is 7.13. The van der Waals surface area contributed by atoms with E-state index >= 15 is 0 Å². The van der Waals surface area contributed by atoms with E-state index in [0.717, 1.165) is 16.3 Å². The first-order valence-electron chi connectivity index (χ1n) is 9.43. The molecule has 0 bridgehead atoms. The number of hydrogen-bond acceptors (Lipinski definition) is 4. The van der Waals surface area contributed by atoms with E-state index in [1.54, 1.807) is 24.3 Å². The topological polar surface area (TPSA) is 71.1 Å². The van der Waals surface area contributed by atoms with Crippen LogP contribution in [0.25, 0.3) is 10.6 Å². The number of benzene rings is 2. The van der Waals surface area contributed by atoms with Crippen LogP contribution < -0.4 is 10.6 Å². The Morgan fingerprint density at radius 1 is 1.00 bits per heavy atom. The molecule has 0 atom stereocenters. The van der Waals surface area contributed by atoms with Gasteiger partial charge in [-0.2, -0.15) is 0 Å². The van der Waals surface area contributed by atoms with Crippen LogP contribution in [0.1, 0.15) is 42.4 Å². The molecule has 150 valence electrons. The number of aryl methyl sites for hydroxylation is 1. The number of thiazole rings is 1. The summed E-state index contributed by atoms with van der Waals surface area (Å²) >= 11 is 1.53. The Hall–Kier alpha value is -2.99. The number of carbonyl (C=O) groups is 2. The second-order valence-corrected chi connectivity index (χ2v) is 8.87. The number of rotatable bonds is 5. The largest absolute Gasteiger partial charge is 0.347 e. The normalized spacial score (nSPS) is 11.2. The van der Waals surface area contributed by atoms with Crippen molar-refractivity contribution in [3.8, 4) is 10.6 Å². The maximum Gasteiger partial charge on any atom is 0.251 e. The number of anilines is 1. The fourth-order valence-electron chi connectivity index (χ4n) is 2.70. The summed E-state index contributed by atoms with van der Waals surface area (Å²) < 4.78 is 0. The van der Waals surface area contributed by atoms with Gasteiger partial charge < -0.3 is 10.6 Å². The lowest BCUT2D eigenvalue weighted by Crippen LogP contribution is -2.40. The van der Waals surface area contributed by atoms with E-state index < -0.39 is 0 Å². The predicted octanol–water partition coefficient (Wildman–Crippen LogP) is 4.83. The maximum atomic E-state index is 12.4. The maximum absolute atomic E-state index is 12.4. The van der Waals surface area contributed by atoms with Gasteiger partial charge in [0.2, 0.25) is 5.91 Å². The van der Waals surface area contributed by atoms with Crippen molar-refractivity contribution in [2.75, 3.05) is 5.32 Å². The minimum absolute atomic E-state index is 0.138. The lowest BCUT2D eigenvalue weighted by molar-refractivity contribution is -0.115. The van der Waals surface area contributed by atoms with Crippen LogP contribution in [0.4, 0.5) is 5.69 Å². The van der Waals surface area contributed by atoms with Gasteiger partial charge >= 0.3 is 0 Å². The molecule has 1 heterocycles. The van der Waals surface area contributed by atoms with Gasteiger partial charge in [-0.3, -0.25) is 9.59 Å². The number of nitrogens with zero attached hydrogens (tertiary/aromatic N) is 1. The fourth-order valence-corrected chi connectivity index (χ4v) is 3.53. The van der Waals surface area contributed by atoms with Crippen molar-refractivity contribution >= 4 is 28.8 Å². The van der Waals surface area contributed by atoms with Crippen LogP contribution >= 0.6 is 11.3 Å². The Bertz CT molecular complexity index is 1000. The number of hydrogen-bond donors (Lipinski definition) is 2. The van der Waals surface area contributed by atoms with E-state index in [1.165, 1.54) is 16.9 Å². The molecular weight excluding hydrogens is 382 g/mol. The smallest absolute Gasteiger partial charge is 0.251 e. The third-order valence-corrected chi connectivity index (χ3v) is 5.05. The van der Waals surface area contributed by atoms with Crippen molar-refractivity contribution in [3.05, 3.63) is 70.7 Å². The van der Waals surface area contributed by atoms with Gasteiger partial charge in [-0.05, 0) is 52.0 Å². The lowest BCUT2D eigenvalue weighted by Gasteiger charge is -2.20. The summed E-state index contributed by atoms with van der Waals surface area (Å²) in [6.07, 6.45) is 0.203. The highest BCUT2D eigenvalue weighted by Crippen LogP contribution is 2.24. The second-order valence-electron chi connectivity index (χ2n) is 8.02. The van der Waals surface area contributed by atoms with Crippen molar-refractivity contribution in [1.82, 2.24) is 10.3 Å². The lowest BCUT2D eigenvalue weighted by atomic mass is 10.1. The van der Waals surface area contributed by atoms with Gasteiger partial charge in [0.05, 0.1) is 12.1 Å². The molecule has 0 aliphatic heterocycles. The van der Waals surface area contributed by atoms with Crippen molar-refractivity contribution < 1.29 is 9.59 Å². The van der Waals surface area contributed by atoms with Crippen LogP contribution in [0.2, 0.25) is 0 Å². The zero-order valence-corrected chi connectivity index (χ0v) is 17.9. The monoisotopic (exact) mass is 407 g/mol. The predicted molar refractivity (Wildman–Crippen MR) is 118 cm³/mol. The molecule has 0 saturated carbocycles. The quantitative estimate of drug-likeness (QED) is 0.636. The Morgan fingerprint density at radius 2 is 1.66 bits per heavy atom. The second kappa shape index (κ2) is 8.57. The van der Waals surface area contributed by atoms with Crippen molar-refractivity contribution in [2.24, 2.45) is 0 Å². The van der Waals surface area contributed by atoms with E-state index in [9.17, 15) is 9.59 Å². The number of carbonyl (C=O) groups excluding carboxylic acids is 2. The van der Waals surface area contributed by atoms with Gasteiger partial charge in [0.25, 0.3) is 5.91 Å². The van der Waals surface area contributed by atoms with Crippen LogP contribution in [-0.4, -0.2) is 22.3 Å². The molecule has 2 N–H and O–H groups in total. The Labute approximate surface area is 175 Å². The van der Waals surface area contributed by atoms with Gasteiger partial charge in [-0.25, -0.2) is 4.98 Å². The first-order chi connectivity index (χ1) is 13.7. The summed E-state index contributed by atoms with van der Waals surface area (Å²) in [5.74, 6) is -0.279. The molecule has 29 heavy (non-hydrogen) atoms. The standard InChI is InChI=1S/C23H25N3O2S/c1-15-5-7-17(8-6-15)22-25-19(14-29-22)13-20(27)24-18-11-9-16(10-12-18)21(28)26-23(2,3)4/h5-12,14H,13H2,1-4H3,(H,24,27)(H,26,28). The molecule has 2 amide bonds.